The Hall–Kier alpha value is -3.24. The normalized spacial score (nSPS) is 10.6. The van der Waals surface area contributed by atoms with Gasteiger partial charge in [0.05, 0.1) is 11.6 Å². The van der Waals surface area contributed by atoms with E-state index in [0.717, 1.165) is 21.5 Å². The van der Waals surface area contributed by atoms with Crippen LogP contribution in [-0.4, -0.2) is 40.1 Å². The molecule has 1 heterocycles. The number of carbonyl (C=O) groups excluding carboxylic acids is 2. The molecule has 3 aromatic rings. The van der Waals surface area contributed by atoms with E-state index < -0.39 is 0 Å². The molecular weight excluding hydrogens is 408 g/mol. The quantitative estimate of drug-likeness (QED) is 0.503. The molecule has 0 radical (unpaired) electrons. The maximum Gasteiger partial charge on any atom is 0.242 e. The van der Waals surface area contributed by atoms with Crippen LogP contribution in [-0.2, 0) is 16.1 Å². The lowest BCUT2D eigenvalue weighted by Gasteiger charge is -2.19. The number of anilines is 1. The molecule has 31 heavy (non-hydrogen) atoms. The number of benzene rings is 2. The summed E-state index contributed by atoms with van der Waals surface area (Å²) in [7, 11) is 0. The summed E-state index contributed by atoms with van der Waals surface area (Å²) in [5, 5.41) is 12.8. The van der Waals surface area contributed by atoms with Crippen molar-refractivity contribution >= 4 is 40.2 Å². The molecule has 0 unspecified atom stereocenters. The van der Waals surface area contributed by atoms with E-state index in [-0.39, 0.29) is 11.8 Å². The fourth-order valence-corrected chi connectivity index (χ4v) is 4.20. The third kappa shape index (κ3) is 5.89. The van der Waals surface area contributed by atoms with Crippen molar-refractivity contribution < 1.29 is 9.59 Å². The summed E-state index contributed by atoms with van der Waals surface area (Å²) in [5.41, 5.74) is 2.34. The SMILES string of the molecule is CCN(CC)C(=O)Cn1ccc2cc(NC(=O)CCSc3ccc(C#N)cc3)ccc21. The van der Waals surface area contributed by atoms with Crippen molar-refractivity contribution in [2.75, 3.05) is 24.2 Å². The summed E-state index contributed by atoms with van der Waals surface area (Å²) in [6.07, 6.45) is 2.30. The van der Waals surface area contributed by atoms with Gasteiger partial charge in [-0.3, -0.25) is 9.59 Å². The van der Waals surface area contributed by atoms with Gasteiger partial charge in [0.2, 0.25) is 11.8 Å². The van der Waals surface area contributed by atoms with Gasteiger partial charge in [-0.1, -0.05) is 0 Å². The lowest BCUT2D eigenvalue weighted by Crippen LogP contribution is -2.33. The van der Waals surface area contributed by atoms with E-state index in [4.69, 9.17) is 5.26 Å². The molecule has 3 rings (SSSR count). The summed E-state index contributed by atoms with van der Waals surface area (Å²) in [5.74, 6) is 0.709. The van der Waals surface area contributed by atoms with Crippen molar-refractivity contribution in [2.24, 2.45) is 0 Å². The van der Waals surface area contributed by atoms with Crippen LogP contribution < -0.4 is 5.32 Å². The second-order valence-corrected chi connectivity index (χ2v) is 8.23. The molecule has 0 bridgehead atoms. The fraction of sp³-hybridized carbons (Fsp3) is 0.292. The van der Waals surface area contributed by atoms with Gasteiger partial charge in [-0.05, 0) is 62.4 Å². The average Bonchev–Trinajstić information content (AvgIpc) is 3.17. The molecule has 0 aliphatic rings. The molecule has 160 valence electrons. The topological polar surface area (TPSA) is 78.1 Å². The summed E-state index contributed by atoms with van der Waals surface area (Å²) < 4.78 is 1.94. The van der Waals surface area contributed by atoms with Crippen LogP contribution in [0.4, 0.5) is 5.69 Å². The Bertz CT molecular complexity index is 1090. The number of nitrogens with one attached hydrogen (secondary N) is 1. The minimum Gasteiger partial charge on any atom is -0.342 e. The van der Waals surface area contributed by atoms with Gasteiger partial charge in [-0.15, -0.1) is 11.8 Å². The van der Waals surface area contributed by atoms with Gasteiger partial charge in [-0.2, -0.15) is 5.26 Å². The smallest absolute Gasteiger partial charge is 0.242 e. The highest BCUT2D eigenvalue weighted by molar-refractivity contribution is 7.99. The van der Waals surface area contributed by atoms with Gasteiger partial charge in [0.15, 0.2) is 0 Å². The van der Waals surface area contributed by atoms with Crippen LogP contribution >= 0.6 is 11.8 Å². The molecule has 0 aliphatic carbocycles. The number of nitriles is 1. The highest BCUT2D eigenvalue weighted by Crippen LogP contribution is 2.22. The van der Waals surface area contributed by atoms with E-state index in [1.807, 2.05) is 65.9 Å². The molecule has 0 aliphatic heterocycles. The third-order valence-corrected chi connectivity index (χ3v) is 6.07. The van der Waals surface area contributed by atoms with Crippen molar-refractivity contribution in [3.8, 4) is 6.07 Å². The number of rotatable bonds is 9. The molecule has 1 N–H and O–H groups in total. The number of fused-ring (bicyclic) bond motifs is 1. The molecule has 7 heteroatoms. The van der Waals surface area contributed by atoms with E-state index >= 15 is 0 Å². The van der Waals surface area contributed by atoms with Crippen LogP contribution in [0.25, 0.3) is 10.9 Å². The third-order valence-electron chi connectivity index (χ3n) is 5.06. The molecule has 0 atom stereocenters. The van der Waals surface area contributed by atoms with Gasteiger partial charge in [-0.25, -0.2) is 0 Å². The van der Waals surface area contributed by atoms with E-state index in [0.29, 0.717) is 37.4 Å². The zero-order valence-corrected chi connectivity index (χ0v) is 18.6. The maximum atomic E-state index is 12.4. The Morgan fingerprint density at radius 2 is 1.84 bits per heavy atom. The number of amides is 2. The van der Waals surface area contributed by atoms with Crippen LogP contribution in [0.3, 0.4) is 0 Å². The van der Waals surface area contributed by atoms with Gasteiger partial charge in [0.25, 0.3) is 0 Å². The van der Waals surface area contributed by atoms with E-state index in [2.05, 4.69) is 11.4 Å². The van der Waals surface area contributed by atoms with Crippen molar-refractivity contribution in [1.82, 2.24) is 9.47 Å². The van der Waals surface area contributed by atoms with Crippen molar-refractivity contribution in [3.63, 3.8) is 0 Å². The number of thioether (sulfide) groups is 1. The highest BCUT2D eigenvalue weighted by atomic mass is 32.2. The Balaban J connectivity index is 1.55. The lowest BCUT2D eigenvalue weighted by molar-refractivity contribution is -0.131. The average molecular weight is 435 g/mol. The molecule has 2 amide bonds. The Labute approximate surface area is 186 Å². The van der Waals surface area contributed by atoms with E-state index in [1.165, 1.54) is 0 Å². The van der Waals surface area contributed by atoms with E-state index in [9.17, 15) is 9.59 Å². The Morgan fingerprint density at radius 1 is 1.10 bits per heavy atom. The highest BCUT2D eigenvalue weighted by Gasteiger charge is 2.12. The molecule has 0 saturated carbocycles. The fourth-order valence-electron chi connectivity index (χ4n) is 3.35. The number of aromatic nitrogens is 1. The Kier molecular flexibility index (Phi) is 7.74. The number of carbonyl (C=O) groups is 2. The predicted octanol–water partition coefficient (Wildman–Crippen LogP) is 4.50. The largest absolute Gasteiger partial charge is 0.342 e. The lowest BCUT2D eigenvalue weighted by atomic mass is 10.2. The van der Waals surface area contributed by atoms with Gasteiger partial charge < -0.3 is 14.8 Å². The van der Waals surface area contributed by atoms with Gasteiger partial charge >= 0.3 is 0 Å². The minimum atomic E-state index is -0.0448. The van der Waals surface area contributed by atoms with Crippen LogP contribution in [0.1, 0.15) is 25.8 Å². The number of hydrogen-bond donors (Lipinski definition) is 1. The van der Waals surface area contributed by atoms with Gasteiger partial charge in [0, 0.05) is 52.9 Å². The zero-order chi connectivity index (χ0) is 22.2. The van der Waals surface area contributed by atoms with Crippen molar-refractivity contribution in [1.29, 1.82) is 5.26 Å². The number of likely N-dealkylation sites (N-methyl/N-ethyl adjacent to an activating group) is 1. The van der Waals surface area contributed by atoms with Crippen molar-refractivity contribution in [3.05, 3.63) is 60.3 Å². The minimum absolute atomic E-state index is 0.0448. The molecule has 1 aromatic heterocycles. The number of nitrogens with zero attached hydrogens (tertiary/aromatic N) is 3. The second kappa shape index (κ2) is 10.7. The van der Waals surface area contributed by atoms with Gasteiger partial charge in [0.1, 0.15) is 6.54 Å². The first-order valence-corrected chi connectivity index (χ1v) is 11.3. The summed E-state index contributed by atoms with van der Waals surface area (Å²) in [6.45, 7) is 5.67. The summed E-state index contributed by atoms with van der Waals surface area (Å²) >= 11 is 1.59. The molecule has 0 fully saturated rings. The second-order valence-electron chi connectivity index (χ2n) is 7.07. The first-order valence-electron chi connectivity index (χ1n) is 10.3. The maximum absolute atomic E-state index is 12.4. The first-order chi connectivity index (χ1) is 15.0. The van der Waals surface area contributed by atoms with Crippen molar-refractivity contribution in [2.45, 2.75) is 31.7 Å². The standard InChI is InChI=1S/C24H26N4O2S/c1-3-27(4-2)24(30)17-28-13-11-19-15-20(7-10-22(19)28)26-23(29)12-14-31-21-8-5-18(16-25)6-9-21/h5-11,13,15H,3-4,12,14,17H2,1-2H3,(H,26,29). The van der Waals surface area contributed by atoms with Crippen LogP contribution in [0.15, 0.2) is 59.6 Å². The monoisotopic (exact) mass is 434 g/mol. The van der Waals surface area contributed by atoms with Crippen LogP contribution in [0, 0.1) is 11.3 Å². The molecule has 0 spiro atoms. The Morgan fingerprint density at radius 3 is 2.52 bits per heavy atom. The zero-order valence-electron chi connectivity index (χ0n) is 17.8. The van der Waals surface area contributed by atoms with Crippen LogP contribution in [0.2, 0.25) is 0 Å². The predicted molar refractivity (Wildman–Crippen MR) is 125 cm³/mol. The molecular formula is C24H26N4O2S. The molecule has 0 saturated heterocycles. The molecule has 6 nitrogen and oxygen atoms in total. The summed E-state index contributed by atoms with van der Waals surface area (Å²) in [4.78, 5) is 27.6. The van der Waals surface area contributed by atoms with Crippen LogP contribution in [0.5, 0.6) is 0 Å². The molecule has 2 aromatic carbocycles. The summed E-state index contributed by atoms with van der Waals surface area (Å²) in [6, 6.07) is 17.1. The first kappa shape index (κ1) is 22.4. The number of hydrogen-bond acceptors (Lipinski definition) is 4. The van der Waals surface area contributed by atoms with E-state index in [1.54, 1.807) is 23.9 Å².